The van der Waals surface area contributed by atoms with Gasteiger partial charge < -0.3 is 14.4 Å². The molecule has 0 radical (unpaired) electrons. The highest BCUT2D eigenvalue weighted by Gasteiger charge is 2.25. The van der Waals surface area contributed by atoms with Crippen LogP contribution in [0.15, 0.2) is 23.6 Å². The molecule has 2 aliphatic heterocycles. The van der Waals surface area contributed by atoms with Gasteiger partial charge in [0.15, 0.2) is 0 Å². The number of hydrogen-bond donors (Lipinski definition) is 0. The second-order valence-corrected chi connectivity index (χ2v) is 9.68. The van der Waals surface area contributed by atoms with E-state index >= 15 is 0 Å². The number of aryl methyl sites for hydroxylation is 1. The number of fused-ring (bicyclic) bond motifs is 1. The van der Waals surface area contributed by atoms with E-state index in [-0.39, 0.29) is 12.0 Å². The van der Waals surface area contributed by atoms with Gasteiger partial charge in [0.1, 0.15) is 17.6 Å². The Hall–Kier alpha value is -2.16. The Morgan fingerprint density at radius 2 is 2.06 bits per heavy atom. The number of ether oxygens (including phenoxy) is 2. The summed E-state index contributed by atoms with van der Waals surface area (Å²) in [5, 5.41) is 3.24. The third-order valence-corrected chi connectivity index (χ3v) is 7.11. The van der Waals surface area contributed by atoms with Gasteiger partial charge in [0.25, 0.3) is 0 Å². The van der Waals surface area contributed by atoms with Gasteiger partial charge in [-0.3, -0.25) is 14.6 Å². The molecule has 1 aromatic carbocycles. The van der Waals surface area contributed by atoms with Crippen molar-refractivity contribution in [3.05, 3.63) is 39.8 Å². The normalized spacial score (nSPS) is 19.8. The molecule has 0 N–H and O–H groups in total. The number of amides is 1. The smallest absolute Gasteiger partial charge is 0.223 e. The van der Waals surface area contributed by atoms with Gasteiger partial charge in [-0.2, -0.15) is 0 Å². The molecule has 3 heterocycles. The largest absolute Gasteiger partial charge is 0.497 e. The maximum Gasteiger partial charge on any atom is 0.223 e. The lowest BCUT2D eigenvalue weighted by Gasteiger charge is -2.35. The van der Waals surface area contributed by atoms with Crippen molar-refractivity contribution in [3.63, 3.8) is 0 Å². The van der Waals surface area contributed by atoms with Crippen molar-refractivity contribution < 1.29 is 14.3 Å². The van der Waals surface area contributed by atoms with Crippen LogP contribution in [0.3, 0.4) is 0 Å². The van der Waals surface area contributed by atoms with Gasteiger partial charge in [0, 0.05) is 69.7 Å². The molecule has 1 saturated heterocycles. The van der Waals surface area contributed by atoms with E-state index in [1.54, 1.807) is 18.4 Å². The second-order valence-electron chi connectivity index (χ2n) is 8.62. The van der Waals surface area contributed by atoms with Crippen molar-refractivity contribution in [2.45, 2.75) is 45.9 Å². The summed E-state index contributed by atoms with van der Waals surface area (Å²) in [6.07, 6.45) is 1.62. The van der Waals surface area contributed by atoms with Crippen LogP contribution in [0.5, 0.6) is 11.5 Å². The Bertz CT molecular complexity index is 910. The molecule has 1 atom stereocenters. The fourth-order valence-electron chi connectivity index (χ4n) is 4.39. The number of carbonyl (C=O) groups is 1. The van der Waals surface area contributed by atoms with Crippen molar-refractivity contribution in [1.82, 2.24) is 19.7 Å². The number of rotatable bonds is 7. The summed E-state index contributed by atoms with van der Waals surface area (Å²) in [5.74, 6) is 2.01. The van der Waals surface area contributed by atoms with Crippen LogP contribution in [0.2, 0.25) is 0 Å². The standard InChI is InChI=1S/C24H34N4O3S/c1-4-21-16-27(14-19-13-22(30-3)5-6-23(19)31-21)8-7-24(29)28-11-9-26(10-12-28)15-20-17-32-18(2)25-20/h5-6,13,17,21H,4,7-12,14-16H2,1-3H3. The molecule has 0 bridgehead atoms. The SMILES string of the molecule is CCC1CN(CCC(=O)N2CCN(Cc3csc(C)n3)CC2)Cc2cc(OC)ccc2O1. The van der Waals surface area contributed by atoms with Gasteiger partial charge in [-0.15, -0.1) is 11.3 Å². The molecular weight excluding hydrogens is 424 g/mol. The van der Waals surface area contributed by atoms with E-state index in [0.717, 1.165) is 86.5 Å². The molecule has 7 nitrogen and oxygen atoms in total. The Morgan fingerprint density at radius 1 is 1.25 bits per heavy atom. The Balaban J connectivity index is 1.28. The van der Waals surface area contributed by atoms with Crippen LogP contribution in [0.25, 0.3) is 0 Å². The van der Waals surface area contributed by atoms with Gasteiger partial charge in [0.05, 0.1) is 17.8 Å². The predicted octanol–water partition coefficient (Wildman–Crippen LogP) is 3.17. The molecule has 4 rings (SSSR count). The lowest BCUT2D eigenvalue weighted by atomic mass is 10.1. The summed E-state index contributed by atoms with van der Waals surface area (Å²) in [4.78, 5) is 24.2. The van der Waals surface area contributed by atoms with E-state index in [4.69, 9.17) is 9.47 Å². The lowest BCUT2D eigenvalue weighted by Crippen LogP contribution is -2.49. The summed E-state index contributed by atoms with van der Waals surface area (Å²) < 4.78 is 11.6. The van der Waals surface area contributed by atoms with Crippen LogP contribution in [0.1, 0.15) is 36.0 Å². The first-order valence-electron chi connectivity index (χ1n) is 11.5. The lowest BCUT2D eigenvalue weighted by molar-refractivity contribution is -0.133. The molecule has 1 amide bonds. The third-order valence-electron chi connectivity index (χ3n) is 6.29. The summed E-state index contributed by atoms with van der Waals surface area (Å²) in [7, 11) is 1.68. The minimum atomic E-state index is 0.137. The highest BCUT2D eigenvalue weighted by molar-refractivity contribution is 7.09. The van der Waals surface area contributed by atoms with Crippen LogP contribution in [0.4, 0.5) is 0 Å². The van der Waals surface area contributed by atoms with Crippen molar-refractivity contribution in [2.75, 3.05) is 46.4 Å². The van der Waals surface area contributed by atoms with Gasteiger partial charge >= 0.3 is 0 Å². The molecule has 1 unspecified atom stereocenters. The maximum atomic E-state index is 12.9. The summed E-state index contributed by atoms with van der Waals surface area (Å²) in [6.45, 7) is 10.8. The van der Waals surface area contributed by atoms with Crippen molar-refractivity contribution in [3.8, 4) is 11.5 Å². The zero-order valence-corrected chi connectivity index (χ0v) is 20.2. The zero-order chi connectivity index (χ0) is 22.5. The third kappa shape index (κ3) is 5.79. The van der Waals surface area contributed by atoms with Crippen LogP contribution in [-0.4, -0.2) is 78.1 Å². The molecule has 1 fully saturated rings. The quantitative estimate of drug-likeness (QED) is 0.635. The van der Waals surface area contributed by atoms with Crippen molar-refractivity contribution in [2.24, 2.45) is 0 Å². The first-order valence-corrected chi connectivity index (χ1v) is 12.4. The predicted molar refractivity (Wildman–Crippen MR) is 126 cm³/mol. The average Bonchev–Trinajstić information content (AvgIpc) is 3.12. The summed E-state index contributed by atoms with van der Waals surface area (Å²) >= 11 is 1.70. The molecule has 32 heavy (non-hydrogen) atoms. The van der Waals surface area contributed by atoms with Gasteiger partial charge in [-0.1, -0.05) is 6.92 Å². The molecule has 1 aromatic heterocycles. The van der Waals surface area contributed by atoms with Gasteiger partial charge in [-0.25, -0.2) is 4.98 Å². The minimum absolute atomic E-state index is 0.137. The number of benzene rings is 1. The molecule has 0 spiro atoms. The number of piperazine rings is 1. The molecule has 2 aromatic rings. The van der Waals surface area contributed by atoms with Crippen LogP contribution >= 0.6 is 11.3 Å². The molecule has 2 aliphatic rings. The maximum absolute atomic E-state index is 12.9. The van der Waals surface area contributed by atoms with Gasteiger partial charge in [0.2, 0.25) is 5.91 Å². The number of aromatic nitrogens is 1. The fraction of sp³-hybridized carbons (Fsp3) is 0.583. The highest BCUT2D eigenvalue weighted by Crippen LogP contribution is 2.29. The summed E-state index contributed by atoms with van der Waals surface area (Å²) in [5.41, 5.74) is 2.26. The number of thiazole rings is 1. The van der Waals surface area contributed by atoms with E-state index < -0.39 is 0 Å². The van der Waals surface area contributed by atoms with E-state index in [1.807, 2.05) is 30.0 Å². The first-order chi connectivity index (χ1) is 15.5. The van der Waals surface area contributed by atoms with E-state index in [2.05, 4.69) is 27.1 Å². The number of carbonyl (C=O) groups excluding carboxylic acids is 1. The Morgan fingerprint density at radius 3 is 2.75 bits per heavy atom. The van der Waals surface area contributed by atoms with E-state index in [1.165, 1.54) is 0 Å². The topological polar surface area (TPSA) is 58.1 Å². The number of methoxy groups -OCH3 is 1. The number of nitrogens with zero attached hydrogens (tertiary/aromatic N) is 4. The average molecular weight is 459 g/mol. The van der Waals surface area contributed by atoms with Crippen LogP contribution in [0, 0.1) is 6.92 Å². The van der Waals surface area contributed by atoms with Crippen molar-refractivity contribution in [1.29, 1.82) is 0 Å². The molecular formula is C24H34N4O3S. The molecule has 174 valence electrons. The second kappa shape index (κ2) is 10.6. The molecule has 0 saturated carbocycles. The van der Waals surface area contributed by atoms with Crippen molar-refractivity contribution >= 4 is 17.2 Å². The monoisotopic (exact) mass is 458 g/mol. The number of hydrogen-bond acceptors (Lipinski definition) is 7. The Labute approximate surface area is 194 Å². The zero-order valence-electron chi connectivity index (χ0n) is 19.4. The molecule has 8 heteroatoms. The first kappa shape index (κ1) is 23.0. The van der Waals surface area contributed by atoms with Gasteiger partial charge in [-0.05, 0) is 31.5 Å². The van der Waals surface area contributed by atoms with E-state index in [0.29, 0.717) is 6.42 Å². The fourth-order valence-corrected chi connectivity index (χ4v) is 5.00. The van der Waals surface area contributed by atoms with Crippen LogP contribution < -0.4 is 9.47 Å². The minimum Gasteiger partial charge on any atom is -0.497 e. The highest BCUT2D eigenvalue weighted by atomic mass is 32.1. The summed E-state index contributed by atoms with van der Waals surface area (Å²) in [6, 6.07) is 5.99. The van der Waals surface area contributed by atoms with E-state index in [9.17, 15) is 4.79 Å². The molecule has 0 aliphatic carbocycles. The van der Waals surface area contributed by atoms with Crippen LogP contribution in [-0.2, 0) is 17.9 Å². The Kier molecular flexibility index (Phi) is 7.65.